The molecule has 0 fully saturated rings. The van der Waals surface area contributed by atoms with Crippen molar-refractivity contribution in [2.75, 3.05) is 14.2 Å². The number of hydrogen-bond acceptors (Lipinski definition) is 6. The molecule has 2 N–H and O–H groups in total. The lowest BCUT2D eigenvalue weighted by Gasteiger charge is -2.27. The second-order valence-corrected chi connectivity index (χ2v) is 7.08. The molecule has 0 saturated heterocycles. The number of ether oxygens (including phenoxy) is 2. The molecule has 3 atom stereocenters. The van der Waals surface area contributed by atoms with Crippen LogP contribution in [0, 0.1) is 0 Å². The Labute approximate surface area is 175 Å². The second-order valence-electron chi connectivity index (χ2n) is 7.08. The van der Waals surface area contributed by atoms with E-state index in [2.05, 4.69) is 11.9 Å². The smallest absolute Gasteiger partial charge is 0.255 e. The van der Waals surface area contributed by atoms with Crippen LogP contribution >= 0.6 is 0 Å². The number of hydrogen-bond donors (Lipinski definition) is 2. The number of hydroxylamine groups is 1. The van der Waals surface area contributed by atoms with Crippen LogP contribution in [0.2, 0.25) is 0 Å². The van der Waals surface area contributed by atoms with Crippen LogP contribution < -0.4 is 15.0 Å². The van der Waals surface area contributed by atoms with Crippen molar-refractivity contribution in [3.8, 4) is 11.5 Å². The fourth-order valence-electron chi connectivity index (χ4n) is 3.68. The zero-order valence-corrected chi connectivity index (χ0v) is 17.2. The molecular weight excluding hydrogens is 384 g/mol. The molecular formula is C23H26N2O5. The minimum atomic E-state index is -0.738. The van der Waals surface area contributed by atoms with E-state index in [9.17, 15) is 10.0 Å². The Morgan fingerprint density at radius 3 is 2.07 bits per heavy atom. The van der Waals surface area contributed by atoms with E-state index in [-0.39, 0.29) is 17.7 Å². The number of benzene rings is 2. The summed E-state index contributed by atoms with van der Waals surface area (Å²) in [6, 6.07) is 15.7. The molecule has 0 radical (unpaired) electrons. The van der Waals surface area contributed by atoms with Crippen LogP contribution in [0.3, 0.4) is 0 Å². The second kappa shape index (κ2) is 9.93. The number of aromatic nitrogens is 1. The van der Waals surface area contributed by atoms with E-state index < -0.39 is 11.8 Å². The number of nitrogens with one attached hydrogen (secondary N) is 1. The minimum Gasteiger partial charge on any atom is -0.497 e. The lowest BCUT2D eigenvalue weighted by atomic mass is 9.77. The van der Waals surface area contributed by atoms with Crippen LogP contribution in [-0.2, 0) is 4.79 Å². The monoisotopic (exact) mass is 410 g/mol. The maximum absolute atomic E-state index is 12.4. The van der Waals surface area contributed by atoms with Gasteiger partial charge in [-0.3, -0.25) is 10.0 Å². The first-order chi connectivity index (χ1) is 14.6. The van der Waals surface area contributed by atoms with Crippen LogP contribution in [-0.4, -0.2) is 30.3 Å². The molecule has 158 valence electrons. The molecule has 3 unspecified atom stereocenters. The number of oxazole rings is 1. The van der Waals surface area contributed by atoms with E-state index >= 15 is 0 Å². The highest BCUT2D eigenvalue weighted by molar-refractivity contribution is 5.81. The Morgan fingerprint density at radius 2 is 1.60 bits per heavy atom. The van der Waals surface area contributed by atoms with Gasteiger partial charge in [0, 0.05) is 0 Å². The number of methoxy groups -OCH3 is 2. The van der Waals surface area contributed by atoms with Crippen molar-refractivity contribution in [2.24, 2.45) is 0 Å². The molecule has 1 aromatic heterocycles. The third-order valence-electron chi connectivity index (χ3n) is 5.45. The number of carbonyl (C=O) groups is 1. The molecule has 0 bridgehead atoms. The Kier molecular flexibility index (Phi) is 7.08. The highest BCUT2D eigenvalue weighted by Gasteiger charge is 2.32. The molecule has 3 aromatic rings. The molecule has 0 saturated carbocycles. The van der Waals surface area contributed by atoms with Crippen molar-refractivity contribution in [1.29, 1.82) is 0 Å². The Bertz CT molecular complexity index is 923. The van der Waals surface area contributed by atoms with Gasteiger partial charge in [-0.25, -0.2) is 10.5 Å². The van der Waals surface area contributed by atoms with Crippen LogP contribution in [0.25, 0.3) is 0 Å². The highest BCUT2D eigenvalue weighted by atomic mass is 16.5. The van der Waals surface area contributed by atoms with E-state index in [1.165, 1.54) is 12.5 Å². The first-order valence-corrected chi connectivity index (χ1v) is 9.68. The molecule has 2 aromatic carbocycles. The maximum atomic E-state index is 12.4. The molecule has 1 heterocycles. The third kappa shape index (κ3) is 4.80. The van der Waals surface area contributed by atoms with Crippen LogP contribution in [0.4, 0.5) is 0 Å². The third-order valence-corrected chi connectivity index (χ3v) is 5.45. The average Bonchev–Trinajstić information content (AvgIpc) is 3.33. The fraction of sp³-hybridized carbons (Fsp3) is 0.304. The molecule has 30 heavy (non-hydrogen) atoms. The summed E-state index contributed by atoms with van der Waals surface area (Å²) < 4.78 is 15.9. The molecule has 7 nitrogen and oxygen atoms in total. The molecule has 0 aliphatic rings. The summed E-state index contributed by atoms with van der Waals surface area (Å²) in [7, 11) is 3.25. The molecule has 0 aliphatic carbocycles. The summed E-state index contributed by atoms with van der Waals surface area (Å²) in [5, 5.41) is 9.27. The fourth-order valence-corrected chi connectivity index (χ4v) is 3.68. The molecule has 7 heteroatoms. The van der Waals surface area contributed by atoms with E-state index in [1.54, 1.807) is 19.7 Å². The standard InChI is InChI=1S/C23H26N2O5/c1-15(16-4-8-18(28-2)9-5-16)20(17-6-10-19(29-3)11-7-17)14-21(22(26)25-27)23-24-12-13-30-23/h4-13,15,20-21,27H,14H2,1-3H3,(H,25,26). The summed E-state index contributed by atoms with van der Waals surface area (Å²) >= 11 is 0. The summed E-state index contributed by atoms with van der Waals surface area (Å²) in [4.78, 5) is 16.6. The summed E-state index contributed by atoms with van der Waals surface area (Å²) in [5.41, 5.74) is 3.89. The topological polar surface area (TPSA) is 93.8 Å². The van der Waals surface area contributed by atoms with Gasteiger partial charge in [-0.2, -0.15) is 0 Å². The number of rotatable bonds is 9. The van der Waals surface area contributed by atoms with E-state index in [0.29, 0.717) is 6.42 Å². The zero-order chi connectivity index (χ0) is 21.5. The molecule has 1 amide bonds. The minimum absolute atomic E-state index is 0.0569. The quantitative estimate of drug-likeness (QED) is 0.404. The summed E-state index contributed by atoms with van der Waals surface area (Å²) in [6.45, 7) is 2.11. The molecule has 0 aliphatic heterocycles. The lowest BCUT2D eigenvalue weighted by Crippen LogP contribution is -2.28. The number of carbonyl (C=O) groups excluding carboxylic acids is 1. The van der Waals surface area contributed by atoms with E-state index in [4.69, 9.17) is 13.9 Å². The predicted molar refractivity (Wildman–Crippen MR) is 111 cm³/mol. The van der Waals surface area contributed by atoms with Crippen molar-refractivity contribution in [2.45, 2.75) is 31.1 Å². The van der Waals surface area contributed by atoms with Gasteiger partial charge in [-0.15, -0.1) is 0 Å². The first-order valence-electron chi connectivity index (χ1n) is 9.68. The van der Waals surface area contributed by atoms with Gasteiger partial charge in [0.05, 0.1) is 20.4 Å². The predicted octanol–water partition coefficient (Wildman–Crippen LogP) is 4.26. The van der Waals surface area contributed by atoms with Gasteiger partial charge in [0.15, 0.2) is 0 Å². The van der Waals surface area contributed by atoms with Gasteiger partial charge in [0.1, 0.15) is 23.7 Å². The highest BCUT2D eigenvalue weighted by Crippen LogP contribution is 2.40. The average molecular weight is 410 g/mol. The van der Waals surface area contributed by atoms with Crippen molar-refractivity contribution in [1.82, 2.24) is 10.5 Å². The van der Waals surface area contributed by atoms with Crippen LogP contribution in [0.1, 0.15) is 48.1 Å². The van der Waals surface area contributed by atoms with Gasteiger partial charge in [-0.05, 0) is 53.6 Å². The van der Waals surface area contributed by atoms with Gasteiger partial charge in [0.2, 0.25) is 5.89 Å². The summed E-state index contributed by atoms with van der Waals surface area (Å²) in [6.07, 6.45) is 3.30. The number of amides is 1. The van der Waals surface area contributed by atoms with Crippen molar-refractivity contribution in [3.63, 3.8) is 0 Å². The Hall–Kier alpha value is -3.32. The SMILES string of the molecule is COc1ccc(C(C)C(CC(C(=O)NO)c2ncco2)c2ccc(OC)cc2)cc1. The maximum Gasteiger partial charge on any atom is 0.255 e. The van der Waals surface area contributed by atoms with Gasteiger partial charge < -0.3 is 13.9 Å². The van der Waals surface area contributed by atoms with Crippen LogP contribution in [0.15, 0.2) is 65.4 Å². The molecule has 0 spiro atoms. The number of nitrogens with zero attached hydrogens (tertiary/aromatic N) is 1. The normalized spacial score (nSPS) is 13.9. The summed E-state index contributed by atoms with van der Waals surface area (Å²) in [5.74, 6) is 0.515. The van der Waals surface area contributed by atoms with Crippen molar-refractivity contribution >= 4 is 5.91 Å². The van der Waals surface area contributed by atoms with E-state index in [1.807, 2.05) is 48.5 Å². The van der Waals surface area contributed by atoms with Crippen molar-refractivity contribution < 1.29 is 23.9 Å². The van der Waals surface area contributed by atoms with Crippen LogP contribution in [0.5, 0.6) is 11.5 Å². The first kappa shape index (κ1) is 21.4. The van der Waals surface area contributed by atoms with Crippen molar-refractivity contribution in [3.05, 3.63) is 78.0 Å². The van der Waals surface area contributed by atoms with Gasteiger partial charge in [-0.1, -0.05) is 31.2 Å². The van der Waals surface area contributed by atoms with Gasteiger partial charge in [0.25, 0.3) is 5.91 Å². The van der Waals surface area contributed by atoms with Gasteiger partial charge >= 0.3 is 0 Å². The van der Waals surface area contributed by atoms with E-state index in [0.717, 1.165) is 22.6 Å². The Morgan fingerprint density at radius 1 is 1.03 bits per heavy atom. The lowest BCUT2D eigenvalue weighted by molar-refractivity contribution is -0.131. The Balaban J connectivity index is 1.97. The largest absolute Gasteiger partial charge is 0.497 e. The zero-order valence-electron chi connectivity index (χ0n) is 17.2. The molecule has 3 rings (SSSR count).